The molecular formula is C9H8ClN3O2. The zero-order chi connectivity index (χ0) is 10.8. The van der Waals surface area contributed by atoms with E-state index in [1.54, 1.807) is 16.8 Å². The summed E-state index contributed by atoms with van der Waals surface area (Å²) < 4.78 is 1.66. The summed E-state index contributed by atoms with van der Waals surface area (Å²) >= 11 is 5.60. The molecular weight excluding hydrogens is 218 g/mol. The number of aromatic nitrogens is 2. The summed E-state index contributed by atoms with van der Waals surface area (Å²) in [6.45, 7) is 0.548. The molecule has 0 aliphatic rings. The van der Waals surface area contributed by atoms with Crippen molar-refractivity contribution < 1.29 is 4.92 Å². The van der Waals surface area contributed by atoms with Gasteiger partial charge in [0.1, 0.15) is 0 Å². The van der Waals surface area contributed by atoms with Crippen molar-refractivity contribution in [2.24, 2.45) is 0 Å². The second-order valence-corrected chi connectivity index (χ2v) is 3.40. The number of hydrogen-bond acceptors (Lipinski definition) is 3. The number of aryl methyl sites for hydroxylation is 1. The molecule has 0 unspecified atom stereocenters. The molecule has 1 heterocycles. The van der Waals surface area contributed by atoms with Crippen LogP contribution >= 0.6 is 11.6 Å². The van der Waals surface area contributed by atoms with Crippen LogP contribution in [0.1, 0.15) is 0 Å². The van der Waals surface area contributed by atoms with Crippen LogP contribution in [0.4, 0.5) is 5.69 Å². The first kappa shape index (κ1) is 9.92. The molecule has 0 aliphatic heterocycles. The zero-order valence-electron chi connectivity index (χ0n) is 7.76. The third-order valence-electron chi connectivity index (χ3n) is 2.16. The molecule has 0 atom stereocenters. The van der Waals surface area contributed by atoms with Crippen LogP contribution in [-0.2, 0) is 6.54 Å². The van der Waals surface area contributed by atoms with Crippen LogP contribution in [0.15, 0.2) is 24.4 Å². The average molecular weight is 226 g/mol. The number of non-ortho nitro benzene ring substituents is 1. The fourth-order valence-electron chi connectivity index (χ4n) is 1.51. The summed E-state index contributed by atoms with van der Waals surface area (Å²) in [5.74, 6) is 0.430. The van der Waals surface area contributed by atoms with Crippen molar-refractivity contribution in [1.82, 2.24) is 9.78 Å². The van der Waals surface area contributed by atoms with Crippen LogP contribution in [0.25, 0.3) is 10.9 Å². The van der Waals surface area contributed by atoms with Gasteiger partial charge in [0.2, 0.25) is 0 Å². The van der Waals surface area contributed by atoms with Gasteiger partial charge in [-0.2, -0.15) is 5.10 Å². The monoisotopic (exact) mass is 225 g/mol. The minimum atomic E-state index is -0.408. The zero-order valence-corrected chi connectivity index (χ0v) is 8.52. The van der Waals surface area contributed by atoms with Crippen molar-refractivity contribution in [2.45, 2.75) is 6.54 Å². The van der Waals surface area contributed by atoms with Gasteiger partial charge in [0.25, 0.3) is 5.69 Å². The van der Waals surface area contributed by atoms with Crippen LogP contribution < -0.4 is 0 Å². The predicted octanol–water partition coefficient (Wildman–Crippen LogP) is 2.18. The molecule has 0 spiro atoms. The number of rotatable bonds is 3. The number of nitro benzene ring substituents is 1. The first-order valence-electron chi connectivity index (χ1n) is 4.39. The van der Waals surface area contributed by atoms with E-state index in [0.717, 1.165) is 5.52 Å². The largest absolute Gasteiger partial charge is 0.280 e. The lowest BCUT2D eigenvalue weighted by Crippen LogP contribution is -2.00. The van der Waals surface area contributed by atoms with Gasteiger partial charge in [-0.1, -0.05) is 6.07 Å². The molecule has 0 saturated carbocycles. The summed E-state index contributed by atoms with van der Waals surface area (Å²) in [7, 11) is 0. The van der Waals surface area contributed by atoms with Crippen molar-refractivity contribution in [2.75, 3.05) is 5.88 Å². The van der Waals surface area contributed by atoms with Crippen LogP contribution in [0, 0.1) is 10.1 Å². The number of hydrogen-bond donors (Lipinski definition) is 0. The van der Waals surface area contributed by atoms with Gasteiger partial charge in [0.15, 0.2) is 0 Å². The van der Waals surface area contributed by atoms with Crippen LogP contribution in [0.2, 0.25) is 0 Å². The number of alkyl halides is 1. The van der Waals surface area contributed by atoms with Crippen molar-refractivity contribution in [3.8, 4) is 0 Å². The molecule has 0 saturated heterocycles. The van der Waals surface area contributed by atoms with Gasteiger partial charge < -0.3 is 0 Å². The lowest BCUT2D eigenvalue weighted by molar-refractivity contribution is -0.383. The first-order chi connectivity index (χ1) is 7.24. The number of nitro groups is 1. The van der Waals surface area contributed by atoms with Gasteiger partial charge >= 0.3 is 0 Å². The fourth-order valence-corrected chi connectivity index (χ4v) is 1.67. The normalized spacial score (nSPS) is 10.7. The van der Waals surface area contributed by atoms with E-state index < -0.39 is 4.92 Å². The molecule has 0 aliphatic carbocycles. The fraction of sp³-hybridized carbons (Fsp3) is 0.222. The van der Waals surface area contributed by atoms with E-state index in [0.29, 0.717) is 17.8 Å². The second-order valence-electron chi connectivity index (χ2n) is 3.02. The summed E-state index contributed by atoms with van der Waals surface area (Å²) in [4.78, 5) is 10.3. The van der Waals surface area contributed by atoms with E-state index in [4.69, 9.17) is 11.6 Å². The average Bonchev–Trinajstić information content (AvgIpc) is 2.62. The highest BCUT2D eigenvalue weighted by Crippen LogP contribution is 2.24. The molecule has 1 aromatic heterocycles. The molecule has 5 nitrogen and oxygen atoms in total. The van der Waals surface area contributed by atoms with Gasteiger partial charge in [-0.05, 0) is 6.07 Å². The summed E-state index contributed by atoms with van der Waals surface area (Å²) in [5.41, 5.74) is 0.818. The van der Waals surface area contributed by atoms with Gasteiger partial charge in [-0.3, -0.25) is 14.8 Å². The molecule has 0 fully saturated rings. The van der Waals surface area contributed by atoms with Crippen molar-refractivity contribution in [3.05, 3.63) is 34.5 Å². The molecule has 0 amide bonds. The number of halogens is 1. The van der Waals surface area contributed by atoms with Crippen LogP contribution in [0.3, 0.4) is 0 Å². The van der Waals surface area contributed by atoms with Gasteiger partial charge in [-0.15, -0.1) is 11.6 Å². The van der Waals surface area contributed by atoms with Crippen molar-refractivity contribution in [1.29, 1.82) is 0 Å². The van der Waals surface area contributed by atoms with E-state index in [1.165, 1.54) is 12.3 Å². The number of fused-ring (bicyclic) bond motifs is 1. The Morgan fingerprint density at radius 2 is 2.33 bits per heavy atom. The lowest BCUT2D eigenvalue weighted by Gasteiger charge is -1.99. The summed E-state index contributed by atoms with van der Waals surface area (Å²) in [5, 5.41) is 15.3. The smallest absolute Gasteiger partial charge is 0.263 e. The Morgan fingerprint density at radius 3 is 3.00 bits per heavy atom. The molecule has 15 heavy (non-hydrogen) atoms. The first-order valence-corrected chi connectivity index (χ1v) is 4.92. The Hall–Kier alpha value is -1.62. The van der Waals surface area contributed by atoms with Crippen molar-refractivity contribution >= 4 is 28.2 Å². The van der Waals surface area contributed by atoms with E-state index >= 15 is 0 Å². The number of nitrogens with zero attached hydrogens (tertiary/aromatic N) is 3. The van der Waals surface area contributed by atoms with E-state index in [1.807, 2.05) is 0 Å². The second kappa shape index (κ2) is 3.86. The maximum atomic E-state index is 10.7. The topological polar surface area (TPSA) is 61.0 Å². The van der Waals surface area contributed by atoms with E-state index in [-0.39, 0.29) is 5.69 Å². The Kier molecular flexibility index (Phi) is 2.55. The summed E-state index contributed by atoms with van der Waals surface area (Å²) in [6, 6.07) is 4.91. The van der Waals surface area contributed by atoms with E-state index in [9.17, 15) is 10.1 Å². The highest BCUT2D eigenvalue weighted by molar-refractivity contribution is 6.17. The number of benzene rings is 1. The molecule has 2 aromatic rings. The van der Waals surface area contributed by atoms with Crippen molar-refractivity contribution in [3.63, 3.8) is 0 Å². The van der Waals surface area contributed by atoms with E-state index in [2.05, 4.69) is 5.10 Å². The van der Waals surface area contributed by atoms with Crippen LogP contribution in [0.5, 0.6) is 0 Å². The van der Waals surface area contributed by atoms with Gasteiger partial charge in [0.05, 0.1) is 28.6 Å². The highest BCUT2D eigenvalue weighted by Gasteiger charge is 2.14. The molecule has 0 bridgehead atoms. The Morgan fingerprint density at radius 1 is 1.53 bits per heavy atom. The maximum absolute atomic E-state index is 10.7. The quantitative estimate of drug-likeness (QED) is 0.457. The molecule has 2 rings (SSSR count). The minimum absolute atomic E-state index is 0.0772. The molecule has 0 radical (unpaired) electrons. The minimum Gasteiger partial charge on any atom is -0.263 e. The molecule has 78 valence electrons. The lowest BCUT2D eigenvalue weighted by atomic mass is 10.2. The Labute approximate surface area is 90.4 Å². The Bertz CT molecular complexity index is 509. The maximum Gasteiger partial charge on any atom is 0.280 e. The van der Waals surface area contributed by atoms with Crippen LogP contribution in [-0.4, -0.2) is 20.6 Å². The van der Waals surface area contributed by atoms with Gasteiger partial charge in [-0.25, -0.2) is 0 Å². The van der Waals surface area contributed by atoms with Gasteiger partial charge in [0, 0.05) is 11.9 Å². The third kappa shape index (κ3) is 1.66. The SMILES string of the molecule is O=[N+]([O-])c1cccc2c1cnn2CCCl. The Balaban J connectivity index is 2.63. The molecule has 1 aromatic carbocycles. The standard InChI is InChI=1S/C9H8ClN3O2/c10-4-5-12-8-2-1-3-9(13(14)15)7(8)6-11-12/h1-3,6H,4-5H2. The molecule has 6 heteroatoms. The highest BCUT2D eigenvalue weighted by atomic mass is 35.5. The third-order valence-corrected chi connectivity index (χ3v) is 2.33. The summed E-state index contributed by atoms with van der Waals surface area (Å²) in [6.07, 6.45) is 1.50. The molecule has 0 N–H and O–H groups in total. The predicted molar refractivity (Wildman–Crippen MR) is 57.1 cm³/mol.